The SMILES string of the molecule is COc1cccc(/C=N/Nc2nc(N3CCCC3)nc(N3CCCC3)n2)c1. The maximum Gasteiger partial charge on any atom is 0.250 e. The molecule has 0 unspecified atom stereocenters. The van der Waals surface area contributed by atoms with Crippen LogP contribution in [0.5, 0.6) is 5.75 Å². The van der Waals surface area contributed by atoms with Crippen LogP contribution in [0.2, 0.25) is 0 Å². The summed E-state index contributed by atoms with van der Waals surface area (Å²) in [6, 6.07) is 7.72. The number of benzene rings is 1. The minimum Gasteiger partial charge on any atom is -0.497 e. The van der Waals surface area contributed by atoms with Crippen molar-refractivity contribution in [1.82, 2.24) is 15.0 Å². The van der Waals surface area contributed by atoms with Crippen molar-refractivity contribution >= 4 is 24.1 Å². The Balaban J connectivity index is 1.54. The van der Waals surface area contributed by atoms with Crippen LogP contribution in [0.15, 0.2) is 29.4 Å². The molecular weight excluding hydrogens is 342 g/mol. The number of nitrogens with one attached hydrogen (secondary N) is 1. The van der Waals surface area contributed by atoms with E-state index < -0.39 is 0 Å². The van der Waals surface area contributed by atoms with Crippen LogP contribution >= 0.6 is 0 Å². The molecule has 0 atom stereocenters. The first kappa shape index (κ1) is 17.5. The number of methoxy groups -OCH3 is 1. The molecule has 2 fully saturated rings. The summed E-state index contributed by atoms with van der Waals surface area (Å²) in [5.41, 5.74) is 3.91. The first-order valence-electron chi connectivity index (χ1n) is 9.51. The molecule has 4 rings (SSSR count). The summed E-state index contributed by atoms with van der Waals surface area (Å²) in [5.74, 6) is 2.76. The van der Waals surface area contributed by atoms with Crippen molar-refractivity contribution in [3.63, 3.8) is 0 Å². The summed E-state index contributed by atoms with van der Waals surface area (Å²) in [4.78, 5) is 18.3. The maximum absolute atomic E-state index is 5.24. The van der Waals surface area contributed by atoms with Crippen LogP contribution in [0.25, 0.3) is 0 Å². The van der Waals surface area contributed by atoms with E-state index in [-0.39, 0.29) is 0 Å². The van der Waals surface area contributed by atoms with E-state index in [0.717, 1.165) is 49.4 Å². The van der Waals surface area contributed by atoms with Crippen LogP contribution in [0.4, 0.5) is 17.8 Å². The van der Waals surface area contributed by atoms with E-state index in [1.165, 1.54) is 25.7 Å². The predicted octanol–water partition coefficient (Wildman–Crippen LogP) is 2.53. The molecule has 0 spiro atoms. The number of ether oxygens (including phenoxy) is 1. The number of hydrogen-bond acceptors (Lipinski definition) is 8. The molecule has 0 radical (unpaired) electrons. The van der Waals surface area contributed by atoms with E-state index in [1.807, 2.05) is 24.3 Å². The van der Waals surface area contributed by atoms with Gasteiger partial charge < -0.3 is 14.5 Å². The molecule has 3 heterocycles. The highest BCUT2D eigenvalue weighted by molar-refractivity contribution is 5.80. The van der Waals surface area contributed by atoms with Crippen molar-refractivity contribution < 1.29 is 4.74 Å². The Labute approximate surface area is 159 Å². The van der Waals surface area contributed by atoms with Gasteiger partial charge in [0.05, 0.1) is 13.3 Å². The normalized spacial score (nSPS) is 17.1. The lowest BCUT2D eigenvalue weighted by molar-refractivity contribution is 0.415. The van der Waals surface area contributed by atoms with E-state index >= 15 is 0 Å². The van der Waals surface area contributed by atoms with Gasteiger partial charge in [-0.05, 0) is 43.4 Å². The fraction of sp³-hybridized carbons (Fsp3) is 0.474. The van der Waals surface area contributed by atoms with Gasteiger partial charge in [0.2, 0.25) is 17.8 Å². The number of nitrogens with zero attached hydrogens (tertiary/aromatic N) is 6. The molecule has 1 N–H and O–H groups in total. The van der Waals surface area contributed by atoms with Gasteiger partial charge in [-0.15, -0.1) is 0 Å². The minimum atomic E-state index is 0.480. The summed E-state index contributed by atoms with van der Waals surface area (Å²) >= 11 is 0. The van der Waals surface area contributed by atoms with Crippen molar-refractivity contribution in [2.45, 2.75) is 25.7 Å². The van der Waals surface area contributed by atoms with Crippen LogP contribution in [0.3, 0.4) is 0 Å². The molecule has 8 heteroatoms. The number of hydrazone groups is 1. The molecule has 1 aromatic heterocycles. The zero-order valence-electron chi connectivity index (χ0n) is 15.6. The molecule has 2 aromatic rings. The average molecular weight is 367 g/mol. The fourth-order valence-electron chi connectivity index (χ4n) is 3.41. The summed E-state index contributed by atoms with van der Waals surface area (Å²) < 4.78 is 5.24. The summed E-state index contributed by atoms with van der Waals surface area (Å²) in [6.07, 6.45) is 6.46. The molecular formula is C19H25N7O. The van der Waals surface area contributed by atoms with Crippen molar-refractivity contribution in [1.29, 1.82) is 0 Å². The Morgan fingerprint density at radius 2 is 1.59 bits per heavy atom. The fourth-order valence-corrected chi connectivity index (χ4v) is 3.41. The van der Waals surface area contributed by atoms with Crippen LogP contribution < -0.4 is 20.0 Å². The third-order valence-electron chi connectivity index (χ3n) is 4.86. The van der Waals surface area contributed by atoms with Crippen LogP contribution in [-0.4, -0.2) is 54.5 Å². The molecule has 0 bridgehead atoms. The molecule has 2 aliphatic rings. The Bertz CT molecular complexity index is 764. The second kappa shape index (κ2) is 8.20. The van der Waals surface area contributed by atoms with E-state index in [0.29, 0.717) is 5.95 Å². The van der Waals surface area contributed by atoms with Crippen LogP contribution in [-0.2, 0) is 0 Å². The molecule has 2 saturated heterocycles. The van der Waals surface area contributed by atoms with Gasteiger partial charge in [-0.2, -0.15) is 20.1 Å². The molecule has 0 saturated carbocycles. The van der Waals surface area contributed by atoms with Gasteiger partial charge in [-0.3, -0.25) is 0 Å². The maximum atomic E-state index is 5.24. The van der Waals surface area contributed by atoms with Gasteiger partial charge in [0, 0.05) is 26.2 Å². The van der Waals surface area contributed by atoms with Gasteiger partial charge >= 0.3 is 0 Å². The Hall–Kier alpha value is -2.90. The quantitative estimate of drug-likeness (QED) is 0.621. The molecule has 0 amide bonds. The lowest BCUT2D eigenvalue weighted by Crippen LogP contribution is -2.25. The summed E-state index contributed by atoms with van der Waals surface area (Å²) in [7, 11) is 1.65. The highest BCUT2D eigenvalue weighted by Gasteiger charge is 2.21. The first-order valence-corrected chi connectivity index (χ1v) is 9.51. The topological polar surface area (TPSA) is 78.8 Å². The largest absolute Gasteiger partial charge is 0.497 e. The van der Waals surface area contributed by atoms with Crippen molar-refractivity contribution in [3.8, 4) is 5.75 Å². The molecule has 27 heavy (non-hydrogen) atoms. The van der Waals surface area contributed by atoms with Gasteiger partial charge in [0.25, 0.3) is 0 Å². The number of aromatic nitrogens is 3. The van der Waals surface area contributed by atoms with Crippen molar-refractivity contribution in [3.05, 3.63) is 29.8 Å². The molecule has 8 nitrogen and oxygen atoms in total. The first-order chi connectivity index (χ1) is 13.3. The number of rotatable bonds is 6. The number of hydrogen-bond donors (Lipinski definition) is 1. The van der Waals surface area contributed by atoms with Gasteiger partial charge in [0.1, 0.15) is 5.75 Å². The zero-order chi connectivity index (χ0) is 18.5. The predicted molar refractivity (Wildman–Crippen MR) is 107 cm³/mol. The lowest BCUT2D eigenvalue weighted by Gasteiger charge is -2.20. The van der Waals surface area contributed by atoms with E-state index in [1.54, 1.807) is 13.3 Å². The second-order valence-corrected chi connectivity index (χ2v) is 6.79. The molecule has 0 aliphatic carbocycles. The Kier molecular flexibility index (Phi) is 5.32. The van der Waals surface area contributed by atoms with Gasteiger partial charge in [0.15, 0.2) is 0 Å². The van der Waals surface area contributed by atoms with Crippen LogP contribution in [0, 0.1) is 0 Å². The standard InChI is InChI=1S/C19H25N7O/c1-27-16-8-6-7-15(13-16)14-20-24-17-21-18(25-9-2-3-10-25)23-19(22-17)26-11-4-5-12-26/h6-8,13-14H,2-5,9-12H2,1H3,(H,21,22,23,24)/b20-14+. The van der Waals surface area contributed by atoms with Crippen molar-refractivity contribution in [2.75, 3.05) is 48.5 Å². The van der Waals surface area contributed by atoms with Gasteiger partial charge in [-0.1, -0.05) is 12.1 Å². The summed E-state index contributed by atoms with van der Waals surface area (Å²) in [5, 5.41) is 4.30. The average Bonchev–Trinajstić information content (AvgIpc) is 3.42. The third-order valence-corrected chi connectivity index (χ3v) is 4.86. The second-order valence-electron chi connectivity index (χ2n) is 6.79. The Morgan fingerprint density at radius 3 is 2.19 bits per heavy atom. The number of anilines is 3. The monoisotopic (exact) mass is 367 g/mol. The van der Waals surface area contributed by atoms with Crippen molar-refractivity contribution in [2.24, 2.45) is 5.10 Å². The van der Waals surface area contributed by atoms with Crippen LogP contribution in [0.1, 0.15) is 31.2 Å². The molecule has 142 valence electrons. The highest BCUT2D eigenvalue weighted by Crippen LogP contribution is 2.22. The smallest absolute Gasteiger partial charge is 0.250 e. The Morgan fingerprint density at radius 1 is 0.963 bits per heavy atom. The minimum absolute atomic E-state index is 0.480. The van der Waals surface area contributed by atoms with Gasteiger partial charge in [-0.25, -0.2) is 5.43 Å². The molecule has 2 aliphatic heterocycles. The summed E-state index contributed by atoms with van der Waals surface area (Å²) in [6.45, 7) is 3.98. The van der Waals surface area contributed by atoms with E-state index in [9.17, 15) is 0 Å². The van der Waals surface area contributed by atoms with E-state index in [2.05, 4.69) is 30.3 Å². The third kappa shape index (κ3) is 4.27. The highest BCUT2D eigenvalue weighted by atomic mass is 16.5. The van der Waals surface area contributed by atoms with E-state index in [4.69, 9.17) is 9.72 Å². The molecule has 1 aromatic carbocycles. The lowest BCUT2D eigenvalue weighted by atomic mass is 10.2. The zero-order valence-corrected chi connectivity index (χ0v) is 15.6.